The van der Waals surface area contributed by atoms with Gasteiger partial charge in [-0.15, -0.1) is 0 Å². The summed E-state index contributed by atoms with van der Waals surface area (Å²) >= 11 is 5.98. The highest BCUT2D eigenvalue weighted by Gasteiger charge is 2.10. The van der Waals surface area contributed by atoms with E-state index >= 15 is 0 Å². The number of likely N-dealkylation sites (tertiary alicyclic amines) is 1. The Morgan fingerprint density at radius 2 is 1.90 bits per heavy atom. The molecule has 0 spiro atoms. The lowest BCUT2D eigenvalue weighted by Crippen LogP contribution is -2.33. The first kappa shape index (κ1) is 13.6. The van der Waals surface area contributed by atoms with E-state index in [0.29, 0.717) is 5.28 Å². The predicted octanol–water partition coefficient (Wildman–Crippen LogP) is 3.18. The maximum atomic E-state index is 5.98. The van der Waals surface area contributed by atoms with Crippen LogP contribution >= 0.6 is 11.6 Å². The molecule has 0 bridgehead atoms. The van der Waals surface area contributed by atoms with Crippen LogP contribution in [0.25, 0.3) is 10.9 Å². The Morgan fingerprint density at radius 1 is 1.10 bits per heavy atom. The Bertz CT molecular complexity index is 581. The number of aromatic nitrogens is 2. The SMILES string of the molecule is Clc1nc(NCCN2CCCCC2)c2ccccc2n1. The summed E-state index contributed by atoms with van der Waals surface area (Å²) in [6.45, 7) is 4.37. The van der Waals surface area contributed by atoms with Crippen LogP contribution in [0.15, 0.2) is 24.3 Å². The third kappa shape index (κ3) is 3.19. The lowest BCUT2D eigenvalue weighted by atomic mass is 10.1. The first-order valence-electron chi connectivity index (χ1n) is 7.21. The van der Waals surface area contributed by atoms with Gasteiger partial charge in [-0.1, -0.05) is 18.6 Å². The Morgan fingerprint density at radius 3 is 2.75 bits per heavy atom. The van der Waals surface area contributed by atoms with Crippen molar-refractivity contribution in [2.75, 3.05) is 31.5 Å². The van der Waals surface area contributed by atoms with Crippen molar-refractivity contribution < 1.29 is 0 Å². The van der Waals surface area contributed by atoms with Crippen LogP contribution in [0.3, 0.4) is 0 Å². The fourth-order valence-corrected chi connectivity index (χ4v) is 2.87. The van der Waals surface area contributed by atoms with Gasteiger partial charge in [0.1, 0.15) is 5.82 Å². The molecule has 1 aromatic heterocycles. The van der Waals surface area contributed by atoms with E-state index in [4.69, 9.17) is 11.6 Å². The first-order valence-corrected chi connectivity index (χ1v) is 7.59. The van der Waals surface area contributed by atoms with Crippen molar-refractivity contribution >= 4 is 28.3 Å². The molecular weight excluding hydrogens is 272 g/mol. The summed E-state index contributed by atoms with van der Waals surface area (Å²) in [5.74, 6) is 0.831. The largest absolute Gasteiger partial charge is 0.368 e. The zero-order valence-corrected chi connectivity index (χ0v) is 12.2. The van der Waals surface area contributed by atoms with Gasteiger partial charge in [0.15, 0.2) is 0 Å². The number of benzene rings is 1. The zero-order chi connectivity index (χ0) is 13.8. The van der Waals surface area contributed by atoms with Crippen LogP contribution in [0.2, 0.25) is 5.28 Å². The van der Waals surface area contributed by atoms with Gasteiger partial charge in [0, 0.05) is 18.5 Å². The molecule has 1 aliphatic heterocycles. The fraction of sp³-hybridized carbons (Fsp3) is 0.467. The van der Waals surface area contributed by atoms with Crippen LogP contribution < -0.4 is 5.32 Å². The molecule has 0 unspecified atom stereocenters. The molecule has 3 rings (SSSR count). The fourth-order valence-electron chi connectivity index (χ4n) is 2.70. The number of rotatable bonds is 4. The number of nitrogens with zero attached hydrogens (tertiary/aromatic N) is 3. The van der Waals surface area contributed by atoms with Gasteiger partial charge in [-0.2, -0.15) is 0 Å². The van der Waals surface area contributed by atoms with Crippen LogP contribution in [-0.4, -0.2) is 41.0 Å². The minimum absolute atomic E-state index is 0.296. The number of anilines is 1. The van der Waals surface area contributed by atoms with E-state index in [1.54, 1.807) is 0 Å². The third-order valence-electron chi connectivity index (χ3n) is 3.75. The van der Waals surface area contributed by atoms with Gasteiger partial charge in [0.2, 0.25) is 5.28 Å². The van der Waals surface area contributed by atoms with Gasteiger partial charge in [0.05, 0.1) is 5.52 Å². The maximum Gasteiger partial charge on any atom is 0.224 e. The van der Waals surface area contributed by atoms with Gasteiger partial charge >= 0.3 is 0 Å². The second kappa shape index (κ2) is 6.37. The lowest BCUT2D eigenvalue weighted by Gasteiger charge is -2.26. The molecule has 0 saturated carbocycles. The smallest absolute Gasteiger partial charge is 0.224 e. The Hall–Kier alpha value is -1.39. The van der Waals surface area contributed by atoms with E-state index in [1.165, 1.54) is 32.4 Å². The van der Waals surface area contributed by atoms with Crippen LogP contribution in [0, 0.1) is 0 Å². The summed E-state index contributed by atoms with van der Waals surface area (Å²) in [4.78, 5) is 11.0. The van der Waals surface area contributed by atoms with Crippen molar-refractivity contribution in [1.82, 2.24) is 14.9 Å². The number of para-hydroxylation sites is 1. The highest BCUT2D eigenvalue weighted by Crippen LogP contribution is 2.21. The van der Waals surface area contributed by atoms with E-state index in [2.05, 4.69) is 20.2 Å². The van der Waals surface area contributed by atoms with Crippen molar-refractivity contribution in [1.29, 1.82) is 0 Å². The van der Waals surface area contributed by atoms with Gasteiger partial charge in [-0.25, -0.2) is 9.97 Å². The number of piperidine rings is 1. The molecule has 0 aliphatic carbocycles. The van der Waals surface area contributed by atoms with Crippen LogP contribution in [0.4, 0.5) is 5.82 Å². The lowest BCUT2D eigenvalue weighted by molar-refractivity contribution is 0.237. The van der Waals surface area contributed by atoms with Crippen molar-refractivity contribution in [3.05, 3.63) is 29.5 Å². The molecule has 1 fully saturated rings. The van der Waals surface area contributed by atoms with Crippen LogP contribution in [0.1, 0.15) is 19.3 Å². The van der Waals surface area contributed by atoms with Crippen molar-refractivity contribution in [2.45, 2.75) is 19.3 Å². The minimum atomic E-state index is 0.296. The molecule has 0 amide bonds. The van der Waals surface area contributed by atoms with Crippen LogP contribution in [0.5, 0.6) is 0 Å². The predicted molar refractivity (Wildman–Crippen MR) is 83.3 cm³/mol. The summed E-state index contributed by atoms with van der Waals surface area (Å²) in [5.41, 5.74) is 0.882. The quantitative estimate of drug-likeness (QED) is 0.878. The molecule has 1 aromatic carbocycles. The summed E-state index contributed by atoms with van der Waals surface area (Å²) in [6.07, 6.45) is 4.01. The number of hydrogen-bond acceptors (Lipinski definition) is 4. The van der Waals surface area contributed by atoms with Gasteiger partial charge in [-0.3, -0.25) is 0 Å². The van der Waals surface area contributed by atoms with Crippen molar-refractivity contribution in [3.63, 3.8) is 0 Å². The average Bonchev–Trinajstić information content (AvgIpc) is 2.48. The Labute approximate surface area is 124 Å². The van der Waals surface area contributed by atoms with E-state index in [0.717, 1.165) is 29.8 Å². The molecular formula is C15H19ClN4. The van der Waals surface area contributed by atoms with Gasteiger partial charge in [-0.05, 0) is 49.7 Å². The molecule has 1 saturated heterocycles. The molecule has 0 radical (unpaired) electrons. The van der Waals surface area contributed by atoms with Gasteiger partial charge < -0.3 is 10.2 Å². The Balaban J connectivity index is 1.67. The monoisotopic (exact) mass is 290 g/mol. The van der Waals surface area contributed by atoms with Crippen LogP contribution in [-0.2, 0) is 0 Å². The maximum absolute atomic E-state index is 5.98. The van der Waals surface area contributed by atoms with Crippen molar-refractivity contribution in [3.8, 4) is 0 Å². The second-order valence-corrected chi connectivity index (χ2v) is 5.53. The third-order valence-corrected chi connectivity index (χ3v) is 3.91. The molecule has 2 heterocycles. The summed E-state index contributed by atoms with van der Waals surface area (Å²) in [5, 5.41) is 4.72. The van der Waals surface area contributed by atoms with E-state index in [-0.39, 0.29) is 0 Å². The topological polar surface area (TPSA) is 41.1 Å². The molecule has 2 aromatic rings. The summed E-state index contributed by atoms with van der Waals surface area (Å²) in [7, 11) is 0. The second-order valence-electron chi connectivity index (χ2n) is 5.19. The highest BCUT2D eigenvalue weighted by atomic mass is 35.5. The number of nitrogens with one attached hydrogen (secondary N) is 1. The molecule has 20 heavy (non-hydrogen) atoms. The molecule has 4 nitrogen and oxygen atoms in total. The average molecular weight is 291 g/mol. The molecule has 0 atom stereocenters. The molecule has 1 aliphatic rings. The normalized spacial score (nSPS) is 16.4. The molecule has 5 heteroatoms. The first-order chi connectivity index (χ1) is 9.83. The number of hydrogen-bond donors (Lipinski definition) is 1. The van der Waals surface area contributed by atoms with E-state index in [9.17, 15) is 0 Å². The number of fused-ring (bicyclic) bond motifs is 1. The van der Waals surface area contributed by atoms with Gasteiger partial charge in [0.25, 0.3) is 0 Å². The van der Waals surface area contributed by atoms with Crippen molar-refractivity contribution in [2.24, 2.45) is 0 Å². The zero-order valence-electron chi connectivity index (χ0n) is 11.5. The minimum Gasteiger partial charge on any atom is -0.368 e. The summed E-state index contributed by atoms with van der Waals surface area (Å²) < 4.78 is 0. The van der Waals surface area contributed by atoms with E-state index < -0.39 is 0 Å². The summed E-state index contributed by atoms with van der Waals surface area (Å²) in [6, 6.07) is 7.94. The number of halogens is 1. The highest BCUT2D eigenvalue weighted by molar-refractivity contribution is 6.28. The molecule has 1 N–H and O–H groups in total. The molecule has 106 valence electrons. The standard InChI is InChI=1S/C15H19ClN4/c16-15-18-13-7-3-2-6-12(13)14(19-15)17-8-11-20-9-4-1-5-10-20/h2-3,6-7H,1,4-5,8-11H2,(H,17,18,19). The Kier molecular flexibility index (Phi) is 4.33. The van der Waals surface area contributed by atoms with E-state index in [1.807, 2.05) is 24.3 Å².